The van der Waals surface area contributed by atoms with Gasteiger partial charge < -0.3 is 17.0 Å². The van der Waals surface area contributed by atoms with Crippen molar-refractivity contribution in [2.24, 2.45) is 5.41 Å². The molecule has 0 nitrogen and oxygen atoms in total. The minimum absolute atomic E-state index is 0. The van der Waals surface area contributed by atoms with Crippen LogP contribution >= 0.6 is 7.26 Å². The van der Waals surface area contributed by atoms with Crippen molar-refractivity contribution in [1.82, 2.24) is 0 Å². The Bertz CT molecular complexity index is 1110. The van der Waals surface area contributed by atoms with Crippen LogP contribution in [0.3, 0.4) is 0 Å². The van der Waals surface area contributed by atoms with Gasteiger partial charge in [-0.3, -0.25) is 0 Å². The molecule has 188 valence electrons. The summed E-state index contributed by atoms with van der Waals surface area (Å²) < 4.78 is 0. The number of halogens is 1. The van der Waals surface area contributed by atoms with Gasteiger partial charge in [0.2, 0.25) is 0 Å². The average Bonchev–Trinajstić information content (AvgIpc) is 2.86. The van der Waals surface area contributed by atoms with Gasteiger partial charge in [-0.25, -0.2) is 0 Å². The lowest BCUT2D eigenvalue weighted by Gasteiger charge is -2.33. The Morgan fingerprint density at radius 2 is 1.25 bits per heavy atom. The minimum atomic E-state index is -1.91. The molecule has 0 spiro atoms. The van der Waals surface area contributed by atoms with Crippen LogP contribution in [0.2, 0.25) is 0 Å². The van der Waals surface area contributed by atoms with E-state index in [0.717, 1.165) is 0 Å². The lowest BCUT2D eigenvalue weighted by molar-refractivity contribution is -0.00000752. The first kappa shape index (κ1) is 28.4. The molecule has 1 aliphatic rings. The van der Waals surface area contributed by atoms with E-state index in [9.17, 15) is 0 Å². The normalized spacial score (nSPS) is 17.1. The maximum absolute atomic E-state index is 2.52. The quantitative estimate of drug-likeness (QED) is 0.269. The monoisotopic (exact) mass is 558 g/mol. The fourth-order valence-corrected chi connectivity index (χ4v) is 10.6. The summed E-state index contributed by atoms with van der Waals surface area (Å²) in [6, 6.07) is 33.6. The third-order valence-electron chi connectivity index (χ3n) is 7.66. The Kier molecular flexibility index (Phi) is 9.73. The van der Waals surface area contributed by atoms with Crippen LogP contribution in [0, 0.1) is 5.41 Å². The van der Waals surface area contributed by atoms with Crippen molar-refractivity contribution in [1.29, 1.82) is 0 Å². The van der Waals surface area contributed by atoms with Crippen LogP contribution in [0.1, 0.15) is 53.9 Å². The molecule has 1 aliphatic carbocycles. The van der Waals surface area contributed by atoms with Gasteiger partial charge >= 0.3 is 0 Å². The van der Waals surface area contributed by atoms with Crippen LogP contribution in [0.5, 0.6) is 0 Å². The smallest absolute Gasteiger partial charge is 0.118 e. The molecule has 0 radical (unpaired) electrons. The van der Waals surface area contributed by atoms with Gasteiger partial charge in [-0.1, -0.05) is 91.7 Å². The zero-order chi connectivity index (χ0) is 24.9. The first-order valence-electron chi connectivity index (χ1n) is 13.0. The molecule has 0 bridgehead atoms. The molecule has 3 aromatic rings. The maximum Gasteiger partial charge on any atom is 0.118 e. The highest BCUT2D eigenvalue weighted by atomic mass is 79.9. The topological polar surface area (TPSA) is 0 Å². The average molecular weight is 560 g/mol. The molecule has 0 saturated carbocycles. The number of hydrogen-bond donors (Lipinski definition) is 0. The molecule has 1 unspecified atom stereocenters. The summed E-state index contributed by atoms with van der Waals surface area (Å²) in [5.74, 6) is 0. The minimum Gasteiger partial charge on any atom is -1.00 e. The summed E-state index contributed by atoms with van der Waals surface area (Å²) >= 11 is 0. The number of rotatable bonds is 7. The number of hydrogen-bond acceptors (Lipinski definition) is 0. The SMILES string of the molecule is CC1=C(/C=C/C(C)=C/C(C)[P+](c2ccccc2)(c2ccccc2)c2ccccc2)C(C)(C)CCC1.[Br-]. The van der Waals surface area contributed by atoms with Crippen molar-refractivity contribution in [3.8, 4) is 0 Å². The molecule has 1 atom stereocenters. The van der Waals surface area contributed by atoms with Crippen molar-refractivity contribution >= 4 is 23.2 Å². The van der Waals surface area contributed by atoms with E-state index in [2.05, 4.69) is 144 Å². The molecule has 4 rings (SSSR count). The van der Waals surface area contributed by atoms with E-state index in [1.54, 1.807) is 5.57 Å². The highest BCUT2D eigenvalue weighted by Gasteiger charge is 2.49. The molecule has 0 aliphatic heterocycles. The van der Waals surface area contributed by atoms with Gasteiger partial charge in [0.05, 0.1) is 5.66 Å². The predicted molar refractivity (Wildman–Crippen MR) is 158 cm³/mol. The summed E-state index contributed by atoms with van der Waals surface area (Å²) in [6.45, 7) is 11.8. The van der Waals surface area contributed by atoms with Crippen LogP contribution in [0.25, 0.3) is 0 Å². The van der Waals surface area contributed by atoms with Gasteiger partial charge in [0.25, 0.3) is 0 Å². The van der Waals surface area contributed by atoms with Crippen molar-refractivity contribution in [2.75, 3.05) is 0 Å². The standard InChI is InChI=1S/C34H40P.BrH/c1-27(23-24-33-28(2)16-15-25-34(33,4)5)26-29(3)35(30-17-9-6-10-18-30,31-19-11-7-12-20-31)32-21-13-8-14-22-32;/h6-14,17-24,26,29H,15-16,25H2,1-5H3;1H/q+1;/p-1/b24-23+,27-26+;. The van der Waals surface area contributed by atoms with E-state index in [1.165, 1.54) is 46.3 Å². The first-order valence-corrected chi connectivity index (χ1v) is 14.8. The first-order chi connectivity index (χ1) is 16.9. The molecule has 0 amide bonds. The summed E-state index contributed by atoms with van der Waals surface area (Å²) in [5, 5.41) is 4.31. The summed E-state index contributed by atoms with van der Waals surface area (Å²) in [5.41, 5.74) is 5.04. The third-order valence-corrected chi connectivity index (χ3v) is 12.4. The Hall–Kier alpha value is -2.21. The molecular formula is C34H40BrP. The van der Waals surface area contributed by atoms with Gasteiger partial charge in [-0.2, -0.15) is 0 Å². The van der Waals surface area contributed by atoms with Crippen LogP contribution in [-0.2, 0) is 0 Å². The van der Waals surface area contributed by atoms with Gasteiger partial charge in [-0.15, -0.1) is 0 Å². The maximum atomic E-state index is 2.52. The molecule has 0 heterocycles. The van der Waals surface area contributed by atoms with E-state index >= 15 is 0 Å². The van der Waals surface area contributed by atoms with E-state index < -0.39 is 7.26 Å². The fourth-order valence-electron chi connectivity index (χ4n) is 5.91. The van der Waals surface area contributed by atoms with Crippen molar-refractivity contribution < 1.29 is 17.0 Å². The lowest BCUT2D eigenvalue weighted by atomic mass is 9.72. The van der Waals surface area contributed by atoms with Gasteiger partial charge in [0.1, 0.15) is 23.2 Å². The van der Waals surface area contributed by atoms with Gasteiger partial charge in [-0.05, 0) is 93.5 Å². The Morgan fingerprint density at radius 3 is 1.67 bits per heavy atom. The Balaban J connectivity index is 0.00000361. The van der Waals surface area contributed by atoms with Gasteiger partial charge in [0.15, 0.2) is 0 Å². The zero-order valence-electron chi connectivity index (χ0n) is 22.4. The molecule has 0 aromatic heterocycles. The van der Waals surface area contributed by atoms with E-state index in [-0.39, 0.29) is 22.4 Å². The fraction of sp³-hybridized carbons (Fsp3) is 0.294. The van der Waals surface area contributed by atoms with E-state index in [1.807, 2.05) is 0 Å². The summed E-state index contributed by atoms with van der Waals surface area (Å²) in [7, 11) is -1.91. The molecule has 0 N–H and O–H groups in total. The predicted octanol–water partition coefficient (Wildman–Crippen LogP) is 5.40. The third kappa shape index (κ3) is 5.85. The van der Waals surface area contributed by atoms with Crippen molar-refractivity contribution in [2.45, 2.75) is 59.5 Å². The second-order valence-corrected chi connectivity index (χ2v) is 14.5. The van der Waals surface area contributed by atoms with Gasteiger partial charge in [0, 0.05) is 0 Å². The van der Waals surface area contributed by atoms with Crippen LogP contribution in [0.4, 0.5) is 0 Å². The van der Waals surface area contributed by atoms with Crippen molar-refractivity contribution in [3.05, 3.63) is 126 Å². The number of allylic oxidation sites excluding steroid dienone is 6. The second-order valence-electron chi connectivity index (χ2n) is 10.6. The zero-order valence-corrected chi connectivity index (χ0v) is 24.9. The van der Waals surface area contributed by atoms with Crippen molar-refractivity contribution in [3.63, 3.8) is 0 Å². The second kappa shape index (κ2) is 12.4. The Labute approximate surface area is 230 Å². The van der Waals surface area contributed by atoms with Crippen LogP contribution in [-0.4, -0.2) is 5.66 Å². The largest absolute Gasteiger partial charge is 1.00 e. The molecular weight excluding hydrogens is 519 g/mol. The molecule has 2 heteroatoms. The molecule has 36 heavy (non-hydrogen) atoms. The highest BCUT2D eigenvalue weighted by Crippen LogP contribution is 2.60. The van der Waals surface area contributed by atoms with E-state index in [0.29, 0.717) is 5.66 Å². The number of benzene rings is 3. The molecule has 3 aromatic carbocycles. The molecule has 0 saturated heterocycles. The highest BCUT2D eigenvalue weighted by molar-refractivity contribution is 7.96. The van der Waals surface area contributed by atoms with Crippen LogP contribution < -0.4 is 32.9 Å². The molecule has 0 fully saturated rings. The summed E-state index contributed by atoms with van der Waals surface area (Å²) in [6.07, 6.45) is 11.1. The Morgan fingerprint density at radius 1 is 0.806 bits per heavy atom. The van der Waals surface area contributed by atoms with E-state index in [4.69, 9.17) is 0 Å². The van der Waals surface area contributed by atoms with Crippen LogP contribution in [0.15, 0.2) is 126 Å². The summed E-state index contributed by atoms with van der Waals surface area (Å²) in [4.78, 5) is 0. The lowest BCUT2D eigenvalue weighted by Crippen LogP contribution is -3.00.